The lowest BCUT2D eigenvalue weighted by molar-refractivity contribution is -0.381. The predicted molar refractivity (Wildman–Crippen MR) is 137 cm³/mol. The van der Waals surface area contributed by atoms with Crippen LogP contribution in [0.3, 0.4) is 0 Å². The summed E-state index contributed by atoms with van der Waals surface area (Å²) in [4.78, 5) is 0. The van der Waals surface area contributed by atoms with Gasteiger partial charge in [0.1, 0.15) is 0 Å². The van der Waals surface area contributed by atoms with Gasteiger partial charge in [0.15, 0.2) is 23.3 Å². The van der Waals surface area contributed by atoms with E-state index in [4.69, 9.17) is 0 Å². The maximum Gasteiger partial charge on any atom is 0.523 e. The Bertz CT molecular complexity index is 1240. The van der Waals surface area contributed by atoms with E-state index in [1.165, 1.54) is 19.1 Å². The third-order valence-corrected chi connectivity index (χ3v) is 7.95. The third kappa shape index (κ3) is 6.01. The highest BCUT2D eigenvalue weighted by molar-refractivity contribution is 5.71. The molecule has 0 N–H and O–H groups in total. The van der Waals surface area contributed by atoms with E-state index < -0.39 is 58.2 Å². The maximum atomic E-state index is 15.5. The molecule has 0 heterocycles. The molecule has 1 nitrogen and oxygen atoms in total. The summed E-state index contributed by atoms with van der Waals surface area (Å²) >= 11 is 0. The molecule has 1 aliphatic rings. The van der Waals surface area contributed by atoms with E-state index in [1.807, 2.05) is 37.3 Å². The minimum Gasteiger partial charge on any atom is -0.285 e. The largest absolute Gasteiger partial charge is 0.523 e. The van der Waals surface area contributed by atoms with Gasteiger partial charge in [-0.05, 0) is 47.8 Å². The number of hydrogen-bond donors (Lipinski definition) is 0. The van der Waals surface area contributed by atoms with Crippen molar-refractivity contribution in [2.45, 2.75) is 76.7 Å². The topological polar surface area (TPSA) is 9.23 Å². The molecule has 0 radical (unpaired) electrons. The van der Waals surface area contributed by atoms with Gasteiger partial charge >= 0.3 is 6.36 Å². The van der Waals surface area contributed by atoms with Crippen molar-refractivity contribution in [1.82, 2.24) is 0 Å². The van der Waals surface area contributed by atoms with Crippen molar-refractivity contribution < 1.29 is 35.5 Å². The molecule has 39 heavy (non-hydrogen) atoms. The standard InChI is InChI=1S/C31H31F7O/c1-3-4-17-30(39-31(36,37)38)18-9-8-12-23(30)19(2)24-26(32)28(34)25(29(35)27(24)33)22-15-13-21(14-16-22)20-10-6-5-7-11-20/h5-7,10-11,13-16,19,23H,3-4,8-9,12,17-18H2,1-2H3. The van der Waals surface area contributed by atoms with Crippen molar-refractivity contribution in [3.63, 3.8) is 0 Å². The first-order valence-electron chi connectivity index (χ1n) is 13.3. The van der Waals surface area contributed by atoms with E-state index in [0.717, 1.165) is 11.1 Å². The summed E-state index contributed by atoms with van der Waals surface area (Å²) in [7, 11) is 0. The molecular weight excluding hydrogens is 521 g/mol. The van der Waals surface area contributed by atoms with Crippen LogP contribution in [0.25, 0.3) is 22.3 Å². The van der Waals surface area contributed by atoms with Crippen molar-refractivity contribution >= 4 is 0 Å². The van der Waals surface area contributed by atoms with E-state index in [-0.39, 0.29) is 24.8 Å². The summed E-state index contributed by atoms with van der Waals surface area (Å²) in [5.74, 6) is -8.58. The molecule has 1 aliphatic carbocycles. The Morgan fingerprint density at radius 1 is 0.821 bits per heavy atom. The fraction of sp³-hybridized carbons (Fsp3) is 0.419. The highest BCUT2D eigenvalue weighted by Crippen LogP contribution is 2.51. The van der Waals surface area contributed by atoms with Crippen LogP contribution >= 0.6 is 0 Å². The molecule has 0 aliphatic heterocycles. The van der Waals surface area contributed by atoms with Crippen LogP contribution in [0.5, 0.6) is 0 Å². The Hall–Kier alpha value is -2.87. The summed E-state index contributed by atoms with van der Waals surface area (Å²) in [6.07, 6.45) is -2.74. The van der Waals surface area contributed by atoms with Crippen molar-refractivity contribution in [3.05, 3.63) is 83.4 Å². The molecule has 0 amide bonds. The average Bonchev–Trinajstić information content (AvgIpc) is 2.91. The van der Waals surface area contributed by atoms with Gasteiger partial charge in [-0.3, -0.25) is 4.74 Å². The van der Waals surface area contributed by atoms with Crippen LogP contribution in [0.2, 0.25) is 0 Å². The van der Waals surface area contributed by atoms with Gasteiger partial charge in [0, 0.05) is 5.56 Å². The summed E-state index contributed by atoms with van der Waals surface area (Å²) in [5.41, 5.74) is -1.93. The lowest BCUT2D eigenvalue weighted by atomic mass is 9.65. The summed E-state index contributed by atoms with van der Waals surface area (Å²) in [5, 5.41) is 0. The first kappa shape index (κ1) is 29.1. The van der Waals surface area contributed by atoms with Gasteiger partial charge in [-0.15, -0.1) is 13.2 Å². The number of alkyl halides is 3. The molecule has 1 fully saturated rings. The smallest absolute Gasteiger partial charge is 0.285 e. The zero-order valence-corrected chi connectivity index (χ0v) is 21.9. The van der Waals surface area contributed by atoms with Gasteiger partial charge in [-0.25, -0.2) is 17.6 Å². The van der Waals surface area contributed by atoms with Gasteiger partial charge < -0.3 is 0 Å². The molecule has 4 rings (SSSR count). The quantitative estimate of drug-likeness (QED) is 0.200. The first-order valence-corrected chi connectivity index (χ1v) is 13.3. The SMILES string of the molecule is CCCCC1(OC(F)(F)F)CCCCC1C(C)c1c(F)c(F)c(-c2ccc(-c3ccccc3)cc2)c(F)c1F. The average molecular weight is 553 g/mol. The second-order valence-electron chi connectivity index (χ2n) is 10.3. The van der Waals surface area contributed by atoms with Crippen LogP contribution < -0.4 is 0 Å². The highest BCUT2D eigenvalue weighted by Gasteiger charge is 2.51. The van der Waals surface area contributed by atoms with Gasteiger partial charge in [0.2, 0.25) is 0 Å². The second kappa shape index (κ2) is 11.7. The monoisotopic (exact) mass is 552 g/mol. The van der Waals surface area contributed by atoms with Crippen LogP contribution in [-0.2, 0) is 4.74 Å². The third-order valence-electron chi connectivity index (χ3n) is 7.95. The first-order chi connectivity index (χ1) is 18.5. The molecule has 0 aromatic heterocycles. The molecule has 8 heteroatoms. The number of hydrogen-bond acceptors (Lipinski definition) is 1. The fourth-order valence-electron chi connectivity index (χ4n) is 6.10. The number of unbranched alkanes of at least 4 members (excludes halogenated alkanes) is 1. The van der Waals surface area contributed by atoms with E-state index in [1.54, 1.807) is 12.1 Å². The van der Waals surface area contributed by atoms with Crippen LogP contribution in [-0.4, -0.2) is 12.0 Å². The van der Waals surface area contributed by atoms with E-state index in [0.29, 0.717) is 25.7 Å². The van der Waals surface area contributed by atoms with Crippen LogP contribution in [0.4, 0.5) is 30.7 Å². The van der Waals surface area contributed by atoms with Crippen molar-refractivity contribution in [2.75, 3.05) is 0 Å². The Kier molecular flexibility index (Phi) is 8.74. The van der Waals surface area contributed by atoms with E-state index in [2.05, 4.69) is 4.74 Å². The predicted octanol–water partition coefficient (Wildman–Crippen LogP) is 10.3. The summed E-state index contributed by atoms with van der Waals surface area (Å²) < 4.78 is 107. The van der Waals surface area contributed by atoms with Crippen LogP contribution in [0.1, 0.15) is 70.3 Å². The minimum atomic E-state index is -4.97. The maximum absolute atomic E-state index is 15.5. The zero-order chi connectivity index (χ0) is 28.4. The molecule has 3 unspecified atom stereocenters. The second-order valence-corrected chi connectivity index (χ2v) is 10.3. The Morgan fingerprint density at radius 2 is 1.38 bits per heavy atom. The van der Waals surface area contributed by atoms with Gasteiger partial charge in [0.05, 0.1) is 11.2 Å². The van der Waals surface area contributed by atoms with E-state index >= 15 is 17.6 Å². The Morgan fingerprint density at radius 3 is 1.95 bits per heavy atom. The highest BCUT2D eigenvalue weighted by atomic mass is 19.4. The Labute approximate surface area is 224 Å². The molecule has 0 spiro atoms. The van der Waals surface area contributed by atoms with E-state index in [9.17, 15) is 13.2 Å². The molecule has 3 aromatic carbocycles. The summed E-state index contributed by atoms with van der Waals surface area (Å²) in [6.45, 7) is 3.14. The normalized spacial score (nSPS) is 20.7. The summed E-state index contributed by atoms with van der Waals surface area (Å²) in [6, 6.07) is 15.1. The number of benzene rings is 3. The number of rotatable bonds is 8. The molecule has 3 aromatic rings. The fourth-order valence-corrected chi connectivity index (χ4v) is 6.10. The van der Waals surface area contributed by atoms with Crippen LogP contribution in [0.15, 0.2) is 54.6 Å². The van der Waals surface area contributed by atoms with Crippen LogP contribution in [0, 0.1) is 29.2 Å². The van der Waals surface area contributed by atoms with Crippen molar-refractivity contribution in [2.24, 2.45) is 5.92 Å². The lowest BCUT2D eigenvalue weighted by Crippen LogP contribution is -2.49. The molecule has 1 saturated carbocycles. The lowest BCUT2D eigenvalue weighted by Gasteiger charge is -2.47. The minimum absolute atomic E-state index is 0.0259. The van der Waals surface area contributed by atoms with Gasteiger partial charge in [-0.2, -0.15) is 0 Å². The van der Waals surface area contributed by atoms with Gasteiger partial charge in [-0.1, -0.05) is 94.1 Å². The zero-order valence-electron chi connectivity index (χ0n) is 21.9. The number of ether oxygens (including phenoxy) is 1. The van der Waals surface area contributed by atoms with Gasteiger partial charge in [0.25, 0.3) is 0 Å². The number of halogens is 7. The molecule has 210 valence electrons. The molecule has 0 bridgehead atoms. The molecular formula is C31H31F7O. The molecule has 0 saturated heterocycles. The van der Waals surface area contributed by atoms with Crippen molar-refractivity contribution in [3.8, 4) is 22.3 Å². The van der Waals surface area contributed by atoms with Crippen molar-refractivity contribution in [1.29, 1.82) is 0 Å². The Balaban J connectivity index is 1.75. The molecule has 3 atom stereocenters.